The highest BCUT2D eigenvalue weighted by molar-refractivity contribution is 5.15. The molecule has 4 rings (SSSR count). The second kappa shape index (κ2) is 4.87. The first-order valence-corrected chi connectivity index (χ1v) is 8.51. The van der Waals surface area contributed by atoms with Crippen LogP contribution < -0.4 is 5.32 Å². The summed E-state index contributed by atoms with van der Waals surface area (Å²) >= 11 is 0. The van der Waals surface area contributed by atoms with Crippen molar-refractivity contribution in [2.45, 2.75) is 45.7 Å². The maximum atomic E-state index is 3.81. The molecule has 3 unspecified atom stereocenters. The molecular weight excluding hydrogens is 242 g/mol. The fourth-order valence-corrected chi connectivity index (χ4v) is 5.75. The molecule has 0 spiro atoms. The molecule has 0 bridgehead atoms. The summed E-state index contributed by atoms with van der Waals surface area (Å²) in [7, 11) is 0. The first-order valence-electron chi connectivity index (χ1n) is 8.51. The SMILES string of the molecule is CC(NCc1ccccc1)C1[C@@H](C)C[C@H]2CC3C[C@@H]1[C@H]32. The Morgan fingerprint density at radius 2 is 1.85 bits per heavy atom. The van der Waals surface area contributed by atoms with E-state index in [1.807, 2.05) is 0 Å². The molecule has 3 saturated carbocycles. The predicted molar refractivity (Wildman–Crippen MR) is 83.2 cm³/mol. The van der Waals surface area contributed by atoms with E-state index >= 15 is 0 Å². The Labute approximate surface area is 123 Å². The minimum absolute atomic E-state index is 0.665. The van der Waals surface area contributed by atoms with Gasteiger partial charge in [-0.1, -0.05) is 37.3 Å². The van der Waals surface area contributed by atoms with Crippen molar-refractivity contribution < 1.29 is 0 Å². The topological polar surface area (TPSA) is 12.0 Å². The van der Waals surface area contributed by atoms with Gasteiger partial charge in [-0.25, -0.2) is 0 Å². The Hall–Kier alpha value is -0.820. The molecular formula is C19H27N. The van der Waals surface area contributed by atoms with E-state index in [4.69, 9.17) is 0 Å². The number of rotatable bonds is 4. The predicted octanol–water partition coefficient (Wildman–Crippen LogP) is 4.09. The lowest BCUT2D eigenvalue weighted by Gasteiger charge is -2.66. The first kappa shape index (κ1) is 12.9. The fourth-order valence-electron chi connectivity index (χ4n) is 5.75. The average molecular weight is 269 g/mol. The normalized spacial score (nSPS) is 43.1. The summed E-state index contributed by atoms with van der Waals surface area (Å²) in [5.41, 5.74) is 1.41. The van der Waals surface area contributed by atoms with Crippen molar-refractivity contribution in [2.24, 2.45) is 35.5 Å². The van der Waals surface area contributed by atoms with Crippen molar-refractivity contribution in [3.8, 4) is 0 Å². The van der Waals surface area contributed by atoms with E-state index in [0.717, 1.165) is 42.1 Å². The van der Waals surface area contributed by atoms with E-state index in [1.165, 1.54) is 18.4 Å². The Morgan fingerprint density at radius 1 is 1.10 bits per heavy atom. The lowest BCUT2D eigenvalue weighted by molar-refractivity contribution is -0.171. The summed E-state index contributed by atoms with van der Waals surface area (Å²) < 4.78 is 0. The van der Waals surface area contributed by atoms with Crippen LogP contribution in [-0.4, -0.2) is 6.04 Å². The molecule has 1 aromatic rings. The maximum absolute atomic E-state index is 3.81. The Morgan fingerprint density at radius 3 is 2.60 bits per heavy atom. The van der Waals surface area contributed by atoms with Crippen LogP contribution in [0.3, 0.4) is 0 Å². The molecule has 1 aromatic carbocycles. The zero-order chi connectivity index (χ0) is 13.7. The van der Waals surface area contributed by atoms with Crippen LogP contribution in [0.4, 0.5) is 0 Å². The highest BCUT2D eigenvalue weighted by atomic mass is 14.9. The van der Waals surface area contributed by atoms with Crippen LogP contribution in [-0.2, 0) is 6.54 Å². The summed E-state index contributed by atoms with van der Waals surface area (Å²) in [6.45, 7) is 5.96. The van der Waals surface area contributed by atoms with Crippen molar-refractivity contribution in [3.63, 3.8) is 0 Å². The van der Waals surface area contributed by atoms with Gasteiger partial charge in [-0.2, -0.15) is 0 Å². The van der Waals surface area contributed by atoms with Gasteiger partial charge >= 0.3 is 0 Å². The van der Waals surface area contributed by atoms with Gasteiger partial charge in [0.2, 0.25) is 0 Å². The minimum Gasteiger partial charge on any atom is -0.310 e. The monoisotopic (exact) mass is 269 g/mol. The van der Waals surface area contributed by atoms with Crippen LogP contribution in [0.1, 0.15) is 38.7 Å². The van der Waals surface area contributed by atoms with E-state index < -0.39 is 0 Å². The molecule has 1 heteroatoms. The lowest BCUT2D eigenvalue weighted by atomic mass is 9.39. The van der Waals surface area contributed by atoms with Gasteiger partial charge in [0.1, 0.15) is 0 Å². The first-order chi connectivity index (χ1) is 9.74. The number of benzene rings is 1. The molecule has 1 nitrogen and oxygen atoms in total. The number of hydrogen-bond donors (Lipinski definition) is 1. The van der Waals surface area contributed by atoms with Gasteiger partial charge in [0.05, 0.1) is 0 Å². The largest absolute Gasteiger partial charge is 0.310 e. The van der Waals surface area contributed by atoms with Gasteiger partial charge in [0.25, 0.3) is 0 Å². The van der Waals surface area contributed by atoms with Gasteiger partial charge in [-0.3, -0.25) is 0 Å². The summed E-state index contributed by atoms with van der Waals surface area (Å²) in [4.78, 5) is 0. The van der Waals surface area contributed by atoms with Gasteiger partial charge in [-0.05, 0) is 67.3 Å². The van der Waals surface area contributed by atoms with E-state index in [1.54, 1.807) is 6.42 Å². The highest BCUT2D eigenvalue weighted by Crippen LogP contribution is 2.66. The van der Waals surface area contributed by atoms with Crippen LogP contribution >= 0.6 is 0 Å². The summed E-state index contributed by atoms with van der Waals surface area (Å²) in [6.07, 6.45) is 4.59. The molecule has 0 amide bonds. The fraction of sp³-hybridized carbons (Fsp3) is 0.684. The van der Waals surface area contributed by atoms with Crippen LogP contribution in [0.5, 0.6) is 0 Å². The van der Waals surface area contributed by atoms with Crippen LogP contribution in [0, 0.1) is 35.5 Å². The smallest absolute Gasteiger partial charge is 0.0208 e. The molecule has 0 aliphatic heterocycles. The van der Waals surface area contributed by atoms with Gasteiger partial charge in [-0.15, -0.1) is 0 Å². The standard InChI is InChI=1S/C19H27N/c1-12-8-15-9-16-10-17(19(15)16)18(12)13(2)20-11-14-6-4-3-5-7-14/h3-7,12-13,15-20H,8-11H2,1-2H3/t12-,13?,15-,16?,17-,18?,19-/m0/s1. The second-order valence-corrected chi connectivity index (χ2v) is 7.68. The lowest BCUT2D eigenvalue weighted by Crippen LogP contribution is -2.61. The highest BCUT2D eigenvalue weighted by Gasteiger charge is 2.60. The van der Waals surface area contributed by atoms with Crippen LogP contribution in [0.2, 0.25) is 0 Å². The van der Waals surface area contributed by atoms with E-state index in [2.05, 4.69) is 49.5 Å². The van der Waals surface area contributed by atoms with Gasteiger partial charge in [0, 0.05) is 12.6 Å². The quantitative estimate of drug-likeness (QED) is 0.868. The minimum atomic E-state index is 0.665. The van der Waals surface area contributed by atoms with Gasteiger partial charge in [0.15, 0.2) is 0 Å². The zero-order valence-corrected chi connectivity index (χ0v) is 12.8. The molecule has 0 radical (unpaired) electrons. The van der Waals surface area contributed by atoms with Crippen molar-refractivity contribution in [3.05, 3.63) is 35.9 Å². The van der Waals surface area contributed by atoms with Crippen molar-refractivity contribution in [1.29, 1.82) is 0 Å². The van der Waals surface area contributed by atoms with E-state index in [0.29, 0.717) is 6.04 Å². The third-order valence-corrected chi connectivity index (χ3v) is 6.64. The van der Waals surface area contributed by atoms with E-state index in [9.17, 15) is 0 Å². The molecule has 3 aliphatic carbocycles. The van der Waals surface area contributed by atoms with Crippen molar-refractivity contribution in [2.75, 3.05) is 0 Å². The maximum Gasteiger partial charge on any atom is 0.0208 e. The second-order valence-electron chi connectivity index (χ2n) is 7.68. The third-order valence-electron chi connectivity index (χ3n) is 6.64. The van der Waals surface area contributed by atoms with Gasteiger partial charge < -0.3 is 5.32 Å². The molecule has 0 saturated heterocycles. The molecule has 1 N–H and O–H groups in total. The molecule has 108 valence electrons. The Kier molecular flexibility index (Phi) is 3.14. The summed E-state index contributed by atoms with van der Waals surface area (Å²) in [5.74, 6) is 6.22. The summed E-state index contributed by atoms with van der Waals surface area (Å²) in [6, 6.07) is 11.5. The zero-order valence-electron chi connectivity index (χ0n) is 12.8. The molecule has 3 fully saturated rings. The average Bonchev–Trinajstić information content (AvgIpc) is 2.41. The number of hydrogen-bond acceptors (Lipinski definition) is 1. The van der Waals surface area contributed by atoms with Crippen LogP contribution in [0.15, 0.2) is 30.3 Å². The molecule has 7 atom stereocenters. The van der Waals surface area contributed by atoms with Crippen LogP contribution in [0.25, 0.3) is 0 Å². The van der Waals surface area contributed by atoms with Crippen molar-refractivity contribution >= 4 is 0 Å². The summed E-state index contributed by atoms with van der Waals surface area (Å²) in [5, 5.41) is 3.81. The molecule has 0 aromatic heterocycles. The molecule has 3 aliphatic rings. The molecule has 20 heavy (non-hydrogen) atoms. The third kappa shape index (κ3) is 1.94. The molecule has 0 heterocycles. The van der Waals surface area contributed by atoms with E-state index in [-0.39, 0.29) is 0 Å². The number of nitrogens with one attached hydrogen (secondary N) is 1. The Balaban J connectivity index is 1.39. The van der Waals surface area contributed by atoms with Crippen molar-refractivity contribution in [1.82, 2.24) is 5.32 Å². The Bertz CT molecular complexity index is 468.